The predicted octanol–water partition coefficient (Wildman–Crippen LogP) is -8.74. The number of likely N-dealkylation sites (tertiary alicyclic amines) is 2. The fraction of sp³-hybridized carbons (Fsp3) is 0.691. The molecule has 36 nitrogen and oxygen atoms in total. The molecular formula is C55H96N22O14S2. The molecule has 26 N–H and O–H groups in total. The molecular weight excluding hydrogens is 1260 g/mol. The monoisotopic (exact) mass is 1350 g/mol. The Morgan fingerprint density at radius 1 is 0.613 bits per heavy atom. The summed E-state index contributed by atoms with van der Waals surface area (Å²) >= 11 is 8.42. The van der Waals surface area contributed by atoms with E-state index in [0.717, 1.165) is 0 Å². The van der Waals surface area contributed by atoms with Gasteiger partial charge in [0, 0.05) is 56.0 Å². The molecule has 1 aromatic rings. The molecule has 2 fully saturated rings. The Hall–Kier alpha value is -8.07. The lowest BCUT2D eigenvalue weighted by Crippen LogP contribution is -2.62. The van der Waals surface area contributed by atoms with Crippen LogP contribution >= 0.6 is 25.3 Å². The van der Waals surface area contributed by atoms with E-state index in [1.54, 1.807) is 13.8 Å². The van der Waals surface area contributed by atoms with E-state index in [4.69, 9.17) is 40.1 Å². The van der Waals surface area contributed by atoms with E-state index in [1.807, 2.05) is 0 Å². The molecule has 0 aromatic carbocycles. The summed E-state index contributed by atoms with van der Waals surface area (Å²) in [5.74, 6) is -11.6. The number of aliphatic imine (C=N–C) groups is 2. The van der Waals surface area contributed by atoms with E-state index in [2.05, 4.69) is 93.1 Å². The zero-order chi connectivity index (χ0) is 69.5. The number of amides is 12. The van der Waals surface area contributed by atoms with Gasteiger partial charge in [-0.05, 0) is 90.0 Å². The number of aromatic amines is 1. The van der Waals surface area contributed by atoms with E-state index < -0.39 is 163 Å². The second-order valence-corrected chi connectivity index (χ2v) is 23.3. The number of aliphatic hydroxyl groups is 2. The summed E-state index contributed by atoms with van der Waals surface area (Å²) < 4.78 is 0. The number of rotatable bonds is 41. The zero-order valence-corrected chi connectivity index (χ0v) is 54.5. The smallest absolute Gasteiger partial charge is 0.246 e. The first kappa shape index (κ1) is 79.2. The fourth-order valence-corrected chi connectivity index (χ4v) is 10.7. The minimum Gasteiger partial charge on any atom is -0.394 e. The van der Waals surface area contributed by atoms with Crippen LogP contribution in [0.4, 0.5) is 0 Å². The minimum absolute atomic E-state index is 0.0228. The van der Waals surface area contributed by atoms with E-state index in [9.17, 15) is 67.7 Å². The molecule has 3 rings (SSSR count). The van der Waals surface area contributed by atoms with Gasteiger partial charge in [-0.1, -0.05) is 20.3 Å². The summed E-state index contributed by atoms with van der Waals surface area (Å²) in [5, 5.41) is 43.9. The van der Waals surface area contributed by atoms with Crippen LogP contribution in [0.25, 0.3) is 0 Å². The van der Waals surface area contributed by atoms with Gasteiger partial charge in [0.25, 0.3) is 0 Å². The Bertz CT molecular complexity index is 2740. The maximum atomic E-state index is 14.7. The van der Waals surface area contributed by atoms with Gasteiger partial charge in [-0.15, -0.1) is 0 Å². The van der Waals surface area contributed by atoms with Crippen molar-refractivity contribution < 1.29 is 67.7 Å². The maximum absolute atomic E-state index is 14.7. The average Bonchev–Trinajstić information content (AvgIpc) is 1.71. The Morgan fingerprint density at radius 2 is 1.09 bits per heavy atom. The number of guanidine groups is 2. The molecule has 0 saturated carbocycles. The second-order valence-electron chi connectivity index (χ2n) is 22.6. The SMILES string of the molecule is CC[C@H](C)[C@H](NC(=O)[C@H](CO)NC(=O)[C@H](CCCCN)NC(=O)[C@@H](NC(=O)[C@H](CS)NC(=O)[C@H](CCCN=C(N)N)NC(=O)CN)[C@@H](C)O)C(=O)N1CCC[C@H]1C(=O)N1CCC[C@H]1C(=O)N[C@@H](CCCN=C(N)N)C(=O)N[C@@H](CS)C(=O)N[C@@H](Cc1cnc[nH]1)C(N)=O. The van der Waals surface area contributed by atoms with Crippen LogP contribution in [0.2, 0.25) is 0 Å². The first-order valence-electron chi connectivity index (χ1n) is 30.8. The van der Waals surface area contributed by atoms with Gasteiger partial charge >= 0.3 is 0 Å². The van der Waals surface area contributed by atoms with Crippen molar-refractivity contribution in [1.29, 1.82) is 0 Å². The van der Waals surface area contributed by atoms with Gasteiger partial charge < -0.3 is 113 Å². The van der Waals surface area contributed by atoms with Crippen LogP contribution in [0.15, 0.2) is 22.5 Å². The first-order chi connectivity index (χ1) is 44.2. The molecule has 93 heavy (non-hydrogen) atoms. The number of nitrogens with two attached hydrogens (primary N) is 7. The average molecular weight is 1350 g/mol. The molecule has 1 aromatic heterocycles. The predicted molar refractivity (Wildman–Crippen MR) is 346 cm³/mol. The van der Waals surface area contributed by atoms with E-state index in [0.29, 0.717) is 31.4 Å². The molecule has 0 radical (unpaired) electrons. The number of unbranched alkanes of at least 4 members (excludes halogenated alkanes) is 1. The minimum atomic E-state index is -1.75. The summed E-state index contributed by atoms with van der Waals surface area (Å²) in [7, 11) is 0. The van der Waals surface area contributed by atoms with Crippen molar-refractivity contribution in [3.05, 3.63) is 18.2 Å². The third kappa shape index (κ3) is 25.7. The molecule has 2 aliphatic heterocycles. The van der Waals surface area contributed by atoms with Crippen molar-refractivity contribution in [3.63, 3.8) is 0 Å². The van der Waals surface area contributed by atoms with Crippen LogP contribution in [-0.4, -0.2) is 243 Å². The Morgan fingerprint density at radius 3 is 1.58 bits per heavy atom. The molecule has 0 bridgehead atoms. The van der Waals surface area contributed by atoms with Gasteiger partial charge in [0.05, 0.1) is 25.6 Å². The fourth-order valence-electron chi connectivity index (χ4n) is 10.2. The number of aromatic nitrogens is 2. The number of nitrogens with zero attached hydrogens (tertiary/aromatic N) is 5. The lowest BCUT2D eigenvalue weighted by atomic mass is 9.96. The molecule has 0 unspecified atom stereocenters. The van der Waals surface area contributed by atoms with Crippen LogP contribution in [-0.2, 0) is 64.0 Å². The van der Waals surface area contributed by atoms with Crippen molar-refractivity contribution in [3.8, 4) is 0 Å². The van der Waals surface area contributed by atoms with Gasteiger partial charge in [0.1, 0.15) is 66.5 Å². The van der Waals surface area contributed by atoms with Crippen LogP contribution in [0, 0.1) is 5.92 Å². The second kappa shape index (κ2) is 40.8. The number of carbonyl (C=O) groups is 12. The number of imidazole rings is 1. The van der Waals surface area contributed by atoms with Crippen molar-refractivity contribution in [2.45, 2.75) is 177 Å². The molecule has 2 aliphatic rings. The van der Waals surface area contributed by atoms with Gasteiger partial charge in [-0.2, -0.15) is 25.3 Å². The number of aliphatic hydroxyl groups excluding tert-OH is 2. The molecule has 522 valence electrons. The summed E-state index contributed by atoms with van der Waals surface area (Å²) in [4.78, 5) is 182. The van der Waals surface area contributed by atoms with Gasteiger partial charge in [-0.3, -0.25) is 67.5 Å². The third-order valence-corrected chi connectivity index (χ3v) is 16.3. The number of hydrogen-bond acceptors (Lipinski definition) is 21. The van der Waals surface area contributed by atoms with Crippen LogP contribution in [0.3, 0.4) is 0 Å². The van der Waals surface area contributed by atoms with Crippen LogP contribution in [0.5, 0.6) is 0 Å². The van der Waals surface area contributed by atoms with Gasteiger partial charge in [0.15, 0.2) is 11.9 Å². The Labute approximate surface area is 549 Å². The van der Waals surface area contributed by atoms with Crippen LogP contribution < -0.4 is 88.0 Å². The number of H-pyrrole nitrogens is 1. The van der Waals surface area contributed by atoms with E-state index in [-0.39, 0.29) is 114 Å². The van der Waals surface area contributed by atoms with Crippen molar-refractivity contribution in [2.75, 3.05) is 57.4 Å². The quantitative estimate of drug-likeness (QED) is 0.0125. The number of carbonyl (C=O) groups excluding carboxylic acids is 12. The topological polar surface area (TPSA) is 596 Å². The molecule has 38 heteroatoms. The zero-order valence-electron chi connectivity index (χ0n) is 52.7. The van der Waals surface area contributed by atoms with Crippen molar-refractivity contribution >= 4 is 108 Å². The molecule has 13 atom stereocenters. The molecule has 0 aliphatic carbocycles. The molecule has 2 saturated heterocycles. The van der Waals surface area contributed by atoms with Gasteiger partial charge in [-0.25, -0.2) is 4.98 Å². The third-order valence-electron chi connectivity index (χ3n) is 15.5. The normalized spacial score (nSPS) is 17.9. The summed E-state index contributed by atoms with van der Waals surface area (Å²) in [6, 6.07) is -15.0. The lowest BCUT2D eigenvalue weighted by Gasteiger charge is -2.35. The van der Waals surface area contributed by atoms with E-state index in [1.165, 1.54) is 29.2 Å². The maximum Gasteiger partial charge on any atom is 0.246 e. The number of hydrogen-bond donors (Lipinski definition) is 21. The van der Waals surface area contributed by atoms with E-state index >= 15 is 0 Å². The highest BCUT2D eigenvalue weighted by Crippen LogP contribution is 2.27. The number of nitrogens with one attached hydrogen (secondary N) is 10. The first-order valence-corrected chi connectivity index (χ1v) is 32.0. The highest BCUT2D eigenvalue weighted by Gasteiger charge is 2.45. The summed E-state index contributed by atoms with van der Waals surface area (Å²) in [6.45, 7) is 3.67. The number of thiol groups is 2. The number of primary amides is 1. The lowest BCUT2D eigenvalue weighted by molar-refractivity contribution is -0.149. The molecule has 3 heterocycles. The van der Waals surface area contributed by atoms with Crippen LogP contribution in [0.1, 0.15) is 104 Å². The Kier molecular flexibility index (Phi) is 34.7. The van der Waals surface area contributed by atoms with Gasteiger partial charge in [0.2, 0.25) is 70.9 Å². The molecule has 0 spiro atoms. The molecule has 12 amide bonds. The summed E-state index contributed by atoms with van der Waals surface area (Å²) in [6.07, 6.45) is 3.49. The largest absolute Gasteiger partial charge is 0.394 e. The van der Waals surface area contributed by atoms with Crippen molar-refractivity contribution in [1.82, 2.24) is 67.6 Å². The highest BCUT2D eigenvalue weighted by molar-refractivity contribution is 7.80. The Balaban J connectivity index is 1.79. The highest BCUT2D eigenvalue weighted by atomic mass is 32.1. The summed E-state index contributed by atoms with van der Waals surface area (Å²) in [5.41, 5.74) is 39.0. The van der Waals surface area contributed by atoms with Crippen molar-refractivity contribution in [2.24, 2.45) is 56.0 Å². The standard InChI is InChI=1S/C55H96N22O14S2/c1-4-28(2)41(74-47(85)35(24-78)71-45(83)32(11-5-6-16-56)69-51(89)42(29(3)79)75-49(87)37(26-93)73-44(82)31(67-40(80)22-57)12-7-17-64-54(59)60)53(91)77-20-10-15-39(77)52(90)76-19-9-14-38(76)50(88)68-33(13-8-18-65-55(61)62)46(84)72-36(25-92)48(86)70-34(43(58)81)21-30-23-63-27-66-30/h23,27-29,31-39,41-42,78-79,92-93H,4-22,24-26,56-57H2,1-3H3,(H2,58,81)(H,63,66)(H,67,80)(H,68,88)(H,69,89)(H,70,86)(H,71,83)(H,72,84)(H,73,82)(H,74,85)(H,75,87)(H4,59,60,64)(H4,61,62,65)/t28-,29+,31-,32-,33-,34-,35-,36-,37-,38-,39-,41-,42-/m0/s1.